The van der Waals surface area contributed by atoms with E-state index in [1.165, 1.54) is 13.2 Å². The monoisotopic (exact) mass is 251 g/mol. The lowest BCUT2D eigenvalue weighted by molar-refractivity contribution is -0.0493. The minimum Gasteiger partial charge on any atom is -0.465 e. The lowest BCUT2D eigenvalue weighted by Crippen LogP contribution is -2.08. The molecule has 1 aromatic rings. The van der Waals surface area contributed by atoms with E-state index in [0.717, 1.165) is 6.07 Å². The van der Waals surface area contributed by atoms with Crippen molar-refractivity contribution in [1.29, 1.82) is 0 Å². The molecule has 0 aliphatic heterocycles. The van der Waals surface area contributed by atoms with E-state index >= 15 is 0 Å². The summed E-state index contributed by atoms with van der Waals surface area (Å²) in [7, 11) is 1.17. The zero-order valence-electron chi connectivity index (χ0n) is 8.17. The third-order valence-corrected chi connectivity index (χ3v) is 2.17. The molecular weight excluding hydrogens is 244 g/mol. The summed E-state index contributed by atoms with van der Waals surface area (Å²) in [4.78, 5) is 11.2. The fraction of sp³-hybridized carbons (Fsp3) is 0.222. The number of nitrogen functional groups attached to an aromatic ring is 1. The molecule has 0 amide bonds. The molecule has 88 valence electrons. The van der Waals surface area contributed by atoms with E-state index in [9.17, 15) is 13.6 Å². The minimum absolute atomic E-state index is 0.0108. The number of benzene rings is 1. The lowest BCUT2D eigenvalue weighted by atomic mass is 10.2. The second-order valence-electron chi connectivity index (χ2n) is 2.71. The fourth-order valence-electron chi connectivity index (χ4n) is 1.04. The SMILES string of the molecule is COC(=O)c1ccc(OC(F)F)c(N)c1Cl. The van der Waals surface area contributed by atoms with Crippen molar-refractivity contribution in [3.05, 3.63) is 22.7 Å². The zero-order chi connectivity index (χ0) is 12.3. The Morgan fingerprint density at radius 1 is 1.50 bits per heavy atom. The zero-order valence-corrected chi connectivity index (χ0v) is 8.92. The first kappa shape index (κ1) is 12.5. The van der Waals surface area contributed by atoms with Gasteiger partial charge >= 0.3 is 12.6 Å². The molecule has 0 aliphatic rings. The number of ether oxygens (including phenoxy) is 2. The lowest BCUT2D eigenvalue weighted by Gasteiger charge is -2.10. The number of hydrogen-bond donors (Lipinski definition) is 1. The summed E-state index contributed by atoms with van der Waals surface area (Å²) < 4.78 is 32.4. The van der Waals surface area contributed by atoms with Gasteiger partial charge in [-0.25, -0.2) is 4.79 Å². The van der Waals surface area contributed by atoms with Crippen LogP contribution in [0, 0.1) is 0 Å². The van der Waals surface area contributed by atoms with Gasteiger partial charge < -0.3 is 15.2 Å². The van der Waals surface area contributed by atoms with Gasteiger partial charge in [-0.1, -0.05) is 11.6 Å². The molecule has 4 nitrogen and oxygen atoms in total. The second-order valence-corrected chi connectivity index (χ2v) is 3.09. The number of hydrogen-bond acceptors (Lipinski definition) is 4. The predicted molar refractivity (Wildman–Crippen MR) is 53.8 cm³/mol. The molecule has 0 saturated heterocycles. The van der Waals surface area contributed by atoms with Gasteiger partial charge in [0.25, 0.3) is 0 Å². The maximum atomic E-state index is 11.9. The van der Waals surface area contributed by atoms with Crippen LogP contribution >= 0.6 is 11.6 Å². The summed E-state index contributed by atoms with van der Waals surface area (Å²) >= 11 is 5.70. The van der Waals surface area contributed by atoms with Gasteiger partial charge in [0.1, 0.15) is 0 Å². The smallest absolute Gasteiger partial charge is 0.387 e. The number of methoxy groups -OCH3 is 1. The highest BCUT2D eigenvalue weighted by Crippen LogP contribution is 2.33. The molecule has 0 unspecified atom stereocenters. The maximum Gasteiger partial charge on any atom is 0.387 e. The van der Waals surface area contributed by atoms with Crippen LogP contribution in [0.5, 0.6) is 5.75 Å². The Hall–Kier alpha value is -1.56. The van der Waals surface area contributed by atoms with Crippen LogP contribution in [0.1, 0.15) is 10.4 Å². The van der Waals surface area contributed by atoms with E-state index in [2.05, 4.69) is 9.47 Å². The Labute approximate surface area is 94.9 Å². The Morgan fingerprint density at radius 3 is 2.62 bits per heavy atom. The van der Waals surface area contributed by atoms with E-state index in [1.807, 2.05) is 0 Å². The van der Waals surface area contributed by atoms with Crippen LogP contribution < -0.4 is 10.5 Å². The summed E-state index contributed by atoms with van der Waals surface area (Å²) in [6.45, 7) is -3.01. The third-order valence-electron chi connectivity index (χ3n) is 1.76. The molecule has 0 radical (unpaired) electrons. The van der Waals surface area contributed by atoms with Crippen molar-refractivity contribution in [2.75, 3.05) is 12.8 Å². The van der Waals surface area contributed by atoms with Gasteiger partial charge in [-0.15, -0.1) is 0 Å². The molecular formula is C9H8ClF2NO3. The van der Waals surface area contributed by atoms with Crippen LogP contribution in [-0.2, 0) is 4.74 Å². The van der Waals surface area contributed by atoms with E-state index in [-0.39, 0.29) is 22.0 Å². The summed E-state index contributed by atoms with van der Waals surface area (Å²) in [5, 5.41) is -0.176. The second kappa shape index (κ2) is 4.98. The van der Waals surface area contributed by atoms with Crippen LogP contribution in [-0.4, -0.2) is 19.7 Å². The van der Waals surface area contributed by atoms with Crippen LogP contribution in [0.4, 0.5) is 14.5 Å². The van der Waals surface area contributed by atoms with Crippen molar-refractivity contribution in [2.24, 2.45) is 0 Å². The van der Waals surface area contributed by atoms with Gasteiger partial charge in [-0.05, 0) is 12.1 Å². The molecule has 0 aliphatic carbocycles. The van der Waals surface area contributed by atoms with Crippen molar-refractivity contribution in [3.8, 4) is 5.75 Å². The number of anilines is 1. The summed E-state index contributed by atoms with van der Waals surface area (Å²) in [5.41, 5.74) is 5.18. The Balaban J connectivity index is 3.13. The first-order valence-corrected chi connectivity index (χ1v) is 4.46. The van der Waals surface area contributed by atoms with E-state index < -0.39 is 12.6 Å². The molecule has 0 atom stereocenters. The standard InChI is InChI=1S/C9H8ClF2NO3/c1-15-8(14)4-2-3-5(16-9(11)12)7(13)6(4)10/h2-3,9H,13H2,1H3. The van der Waals surface area contributed by atoms with Gasteiger partial charge in [0.15, 0.2) is 5.75 Å². The molecule has 1 rings (SSSR count). The Bertz CT molecular complexity index is 412. The van der Waals surface area contributed by atoms with Gasteiger partial charge in [0, 0.05) is 0 Å². The fourth-order valence-corrected chi connectivity index (χ4v) is 1.27. The highest BCUT2D eigenvalue weighted by atomic mass is 35.5. The molecule has 7 heteroatoms. The number of esters is 1. The first-order chi connectivity index (χ1) is 7.47. The molecule has 16 heavy (non-hydrogen) atoms. The number of carbonyl (C=O) groups is 1. The number of nitrogens with two attached hydrogens (primary N) is 1. The van der Waals surface area contributed by atoms with Crippen LogP contribution in [0.15, 0.2) is 12.1 Å². The van der Waals surface area contributed by atoms with Crippen LogP contribution in [0.2, 0.25) is 5.02 Å². The molecule has 0 spiro atoms. The van der Waals surface area contributed by atoms with Crippen LogP contribution in [0.3, 0.4) is 0 Å². The molecule has 0 heterocycles. The van der Waals surface area contributed by atoms with E-state index in [1.54, 1.807) is 0 Å². The molecule has 0 fully saturated rings. The van der Waals surface area contributed by atoms with E-state index in [0.29, 0.717) is 0 Å². The number of halogens is 3. The molecule has 0 saturated carbocycles. The highest BCUT2D eigenvalue weighted by molar-refractivity contribution is 6.36. The Morgan fingerprint density at radius 2 is 2.12 bits per heavy atom. The number of alkyl halides is 2. The minimum atomic E-state index is -3.01. The number of carbonyl (C=O) groups excluding carboxylic acids is 1. The largest absolute Gasteiger partial charge is 0.465 e. The molecule has 2 N–H and O–H groups in total. The first-order valence-electron chi connectivity index (χ1n) is 4.08. The normalized spacial score (nSPS) is 10.3. The maximum absolute atomic E-state index is 11.9. The van der Waals surface area contributed by atoms with Crippen molar-refractivity contribution in [3.63, 3.8) is 0 Å². The summed E-state index contributed by atoms with van der Waals surface area (Å²) in [6.07, 6.45) is 0. The van der Waals surface area contributed by atoms with Crippen molar-refractivity contribution in [2.45, 2.75) is 6.61 Å². The average Bonchev–Trinajstić information content (AvgIpc) is 2.23. The number of rotatable bonds is 3. The quantitative estimate of drug-likeness (QED) is 0.661. The molecule has 1 aromatic carbocycles. The van der Waals surface area contributed by atoms with Gasteiger partial charge in [-0.3, -0.25) is 0 Å². The van der Waals surface area contributed by atoms with Crippen molar-refractivity contribution in [1.82, 2.24) is 0 Å². The van der Waals surface area contributed by atoms with E-state index in [4.69, 9.17) is 17.3 Å². The van der Waals surface area contributed by atoms with Crippen LogP contribution in [0.25, 0.3) is 0 Å². The summed E-state index contributed by atoms with van der Waals surface area (Å²) in [6, 6.07) is 2.32. The topological polar surface area (TPSA) is 61.5 Å². The highest BCUT2D eigenvalue weighted by Gasteiger charge is 2.17. The van der Waals surface area contributed by atoms with Crippen molar-refractivity contribution >= 4 is 23.3 Å². The molecule has 0 bridgehead atoms. The van der Waals surface area contributed by atoms with Gasteiger partial charge in [0.05, 0.1) is 23.4 Å². The average molecular weight is 252 g/mol. The third kappa shape index (κ3) is 2.52. The van der Waals surface area contributed by atoms with Gasteiger partial charge in [0.2, 0.25) is 0 Å². The van der Waals surface area contributed by atoms with Gasteiger partial charge in [-0.2, -0.15) is 8.78 Å². The summed E-state index contributed by atoms with van der Waals surface area (Å²) in [5.74, 6) is -0.993. The Kier molecular flexibility index (Phi) is 3.89. The van der Waals surface area contributed by atoms with Crippen molar-refractivity contribution < 1.29 is 23.0 Å². The predicted octanol–water partition coefficient (Wildman–Crippen LogP) is 2.31. The molecule has 0 aromatic heterocycles.